The van der Waals surface area contributed by atoms with E-state index in [0.29, 0.717) is 6.61 Å². The highest BCUT2D eigenvalue weighted by molar-refractivity contribution is 6.95. The Morgan fingerprint density at radius 3 is 1.97 bits per heavy atom. The molecule has 0 aliphatic heterocycles. The predicted octanol–water partition coefficient (Wildman–Crippen LogP) is 6.24. The molecule has 4 heteroatoms. The second kappa shape index (κ2) is 10.8. The first-order valence-corrected chi connectivity index (χ1v) is 17.2. The lowest BCUT2D eigenvalue weighted by Crippen LogP contribution is -2.45. The van der Waals surface area contributed by atoms with E-state index in [4.69, 9.17) is 4.43 Å². The molecule has 1 N–H and O–H groups in total. The molecule has 0 aromatic heterocycles. The van der Waals surface area contributed by atoms with Crippen molar-refractivity contribution >= 4 is 21.6 Å². The molecule has 31 heavy (non-hydrogen) atoms. The summed E-state index contributed by atoms with van der Waals surface area (Å²) in [5, 5.41) is 13.0. The maximum atomic E-state index is 10.1. The summed E-state index contributed by atoms with van der Waals surface area (Å²) in [7, 11) is -3.74. The number of rotatable bonds is 9. The highest BCUT2D eigenvalue weighted by atomic mass is 28.4. The molecule has 0 fully saturated rings. The zero-order valence-electron chi connectivity index (χ0n) is 20.5. The van der Waals surface area contributed by atoms with Crippen molar-refractivity contribution in [2.24, 2.45) is 0 Å². The summed E-state index contributed by atoms with van der Waals surface area (Å²) >= 11 is 0. The first kappa shape index (κ1) is 25.6. The van der Waals surface area contributed by atoms with Gasteiger partial charge in [-0.1, -0.05) is 99.7 Å². The topological polar surface area (TPSA) is 29.5 Å². The third-order valence-corrected chi connectivity index (χ3v) is 14.8. The first-order valence-electron chi connectivity index (χ1n) is 11.3. The molecule has 0 aliphatic rings. The van der Waals surface area contributed by atoms with Gasteiger partial charge in [0.25, 0.3) is 0 Å². The Labute approximate surface area is 191 Å². The summed E-state index contributed by atoms with van der Waals surface area (Å²) in [5.74, 6) is 0. The lowest BCUT2D eigenvalue weighted by molar-refractivity contribution is 0.293. The van der Waals surface area contributed by atoms with Crippen LogP contribution in [-0.4, -0.2) is 34.7 Å². The Bertz CT molecular complexity index is 888. The molecule has 2 rings (SSSR count). The zero-order chi connectivity index (χ0) is 23.1. The quantitative estimate of drug-likeness (QED) is 0.360. The maximum Gasteiger partial charge on any atom is 0.191 e. The van der Waals surface area contributed by atoms with Crippen LogP contribution < -0.4 is 5.19 Å². The summed E-state index contributed by atoms with van der Waals surface area (Å²) in [6.07, 6.45) is 1.59. The summed E-state index contributed by atoms with van der Waals surface area (Å²) in [6.45, 7) is 17.0. The van der Waals surface area contributed by atoms with E-state index >= 15 is 0 Å². The van der Waals surface area contributed by atoms with Gasteiger partial charge in [-0.2, -0.15) is 0 Å². The van der Waals surface area contributed by atoms with Gasteiger partial charge in [0.15, 0.2) is 8.32 Å². The van der Waals surface area contributed by atoms with Gasteiger partial charge in [0.2, 0.25) is 0 Å². The molecule has 0 amide bonds. The molecule has 0 aliphatic carbocycles. The largest absolute Gasteiger partial charge is 0.416 e. The van der Waals surface area contributed by atoms with Gasteiger partial charge in [0.1, 0.15) is 8.07 Å². The molecule has 2 nitrogen and oxygen atoms in total. The molecule has 0 bridgehead atoms. The van der Waals surface area contributed by atoms with Gasteiger partial charge in [0.05, 0.1) is 6.61 Å². The Morgan fingerprint density at radius 1 is 0.903 bits per heavy atom. The van der Waals surface area contributed by atoms with Crippen molar-refractivity contribution in [2.45, 2.75) is 64.8 Å². The van der Waals surface area contributed by atoms with E-state index in [1.165, 1.54) is 15.9 Å². The smallest absolute Gasteiger partial charge is 0.191 e. The fourth-order valence-corrected chi connectivity index (χ4v) is 7.02. The second-order valence-corrected chi connectivity index (χ2v) is 19.6. The monoisotopic (exact) mass is 452 g/mol. The third-order valence-electron chi connectivity index (χ3n) is 6.65. The second-order valence-electron chi connectivity index (χ2n) is 10.4. The minimum atomic E-state index is -1.94. The lowest BCUT2D eigenvalue weighted by atomic mass is 10.1. The van der Waals surface area contributed by atoms with Crippen LogP contribution in [0.2, 0.25) is 31.2 Å². The van der Waals surface area contributed by atoms with Crippen LogP contribution in [0.4, 0.5) is 0 Å². The molecule has 0 spiro atoms. The Kier molecular flexibility index (Phi) is 8.87. The fraction of sp³-hybridized carbons (Fsp3) is 0.444. The van der Waals surface area contributed by atoms with Crippen LogP contribution in [0.5, 0.6) is 0 Å². The SMILES string of the molecule is CC(C)(C)[Si](C)(C)OCCC(=C=C(CO)Cc1ccccc1)[Si](C)(C)c1ccccc1. The van der Waals surface area contributed by atoms with Crippen molar-refractivity contribution in [3.63, 3.8) is 0 Å². The minimum Gasteiger partial charge on any atom is -0.416 e. The van der Waals surface area contributed by atoms with Crippen LogP contribution in [0, 0.1) is 0 Å². The molecular weight excluding hydrogens is 412 g/mol. The Hall–Kier alpha value is -1.69. The molecule has 0 saturated carbocycles. The van der Waals surface area contributed by atoms with Crippen molar-refractivity contribution in [1.29, 1.82) is 0 Å². The maximum absolute atomic E-state index is 10.1. The summed E-state index contributed by atoms with van der Waals surface area (Å²) in [4.78, 5) is 0. The molecule has 0 radical (unpaired) electrons. The van der Waals surface area contributed by atoms with Crippen molar-refractivity contribution < 1.29 is 9.53 Å². The van der Waals surface area contributed by atoms with E-state index in [1.54, 1.807) is 0 Å². The van der Waals surface area contributed by atoms with Crippen molar-refractivity contribution in [3.05, 3.63) is 82.7 Å². The van der Waals surface area contributed by atoms with E-state index in [2.05, 4.69) is 95.2 Å². The van der Waals surface area contributed by atoms with Crippen LogP contribution in [0.15, 0.2) is 77.2 Å². The van der Waals surface area contributed by atoms with E-state index < -0.39 is 16.4 Å². The van der Waals surface area contributed by atoms with Crippen molar-refractivity contribution in [1.82, 2.24) is 0 Å². The van der Waals surface area contributed by atoms with Crippen molar-refractivity contribution in [2.75, 3.05) is 13.2 Å². The average Bonchev–Trinajstić information content (AvgIpc) is 2.72. The molecule has 2 aromatic carbocycles. The summed E-state index contributed by atoms with van der Waals surface area (Å²) in [6, 6.07) is 21.1. The van der Waals surface area contributed by atoms with E-state index in [-0.39, 0.29) is 11.6 Å². The van der Waals surface area contributed by atoms with Crippen LogP contribution in [-0.2, 0) is 10.8 Å². The highest BCUT2D eigenvalue weighted by Crippen LogP contribution is 2.36. The fourth-order valence-electron chi connectivity index (χ4n) is 3.38. The molecule has 0 heterocycles. The number of aliphatic hydroxyl groups is 1. The van der Waals surface area contributed by atoms with Gasteiger partial charge in [-0.15, -0.1) is 5.73 Å². The molecule has 0 unspecified atom stereocenters. The molecular formula is C27H40O2Si2. The average molecular weight is 453 g/mol. The first-order chi connectivity index (χ1) is 14.5. The number of hydrogen-bond donors (Lipinski definition) is 1. The lowest BCUT2D eigenvalue weighted by Gasteiger charge is -2.36. The molecule has 0 saturated heterocycles. The van der Waals surface area contributed by atoms with Gasteiger partial charge in [-0.25, -0.2) is 0 Å². The molecule has 168 valence electrons. The van der Waals surface area contributed by atoms with E-state index in [0.717, 1.165) is 18.4 Å². The van der Waals surface area contributed by atoms with Crippen LogP contribution >= 0.6 is 0 Å². The van der Waals surface area contributed by atoms with Crippen LogP contribution in [0.25, 0.3) is 0 Å². The van der Waals surface area contributed by atoms with E-state index in [9.17, 15) is 5.11 Å². The van der Waals surface area contributed by atoms with Gasteiger partial charge in [0, 0.05) is 18.6 Å². The van der Waals surface area contributed by atoms with E-state index in [1.807, 2.05) is 18.2 Å². The van der Waals surface area contributed by atoms with Crippen molar-refractivity contribution in [3.8, 4) is 0 Å². The third kappa shape index (κ3) is 7.16. The zero-order valence-corrected chi connectivity index (χ0v) is 22.5. The van der Waals surface area contributed by atoms with Gasteiger partial charge in [-0.3, -0.25) is 0 Å². The number of hydrogen-bond acceptors (Lipinski definition) is 2. The normalized spacial score (nSPS) is 12.4. The Balaban J connectivity index is 2.40. The minimum absolute atomic E-state index is 0.0285. The summed E-state index contributed by atoms with van der Waals surface area (Å²) in [5.41, 5.74) is 5.85. The van der Waals surface area contributed by atoms with Gasteiger partial charge < -0.3 is 9.53 Å². The highest BCUT2D eigenvalue weighted by Gasteiger charge is 2.37. The van der Waals surface area contributed by atoms with Crippen LogP contribution in [0.3, 0.4) is 0 Å². The molecule has 0 atom stereocenters. The van der Waals surface area contributed by atoms with Gasteiger partial charge in [-0.05, 0) is 35.3 Å². The predicted molar refractivity (Wildman–Crippen MR) is 139 cm³/mol. The van der Waals surface area contributed by atoms with Crippen LogP contribution in [0.1, 0.15) is 32.8 Å². The standard InChI is InChI=1S/C27H40O2Si2/c1-27(2,3)31(6,7)29-19-18-26(30(4,5)25-16-12-9-13-17-25)21-24(22-28)20-23-14-10-8-11-15-23/h8-17,28H,18-20,22H2,1-7H3. The van der Waals surface area contributed by atoms with Gasteiger partial charge >= 0.3 is 0 Å². The Morgan fingerprint density at radius 2 is 1.45 bits per heavy atom. The number of benzene rings is 2. The number of aliphatic hydroxyl groups excluding tert-OH is 1. The molecule has 2 aromatic rings. The summed E-state index contributed by atoms with van der Waals surface area (Å²) < 4.78 is 6.52.